The number of benzene rings is 1. The second kappa shape index (κ2) is 8.84. The number of halogens is 1. The Morgan fingerprint density at radius 1 is 1.09 bits per heavy atom. The van der Waals surface area contributed by atoms with E-state index in [-0.39, 0.29) is 12.1 Å². The summed E-state index contributed by atoms with van der Waals surface area (Å²) < 4.78 is 7.43. The second-order valence-electron chi connectivity index (χ2n) is 7.80. The number of pyridine rings is 2. The first-order valence-electron chi connectivity index (χ1n) is 10.3. The van der Waals surface area contributed by atoms with E-state index in [2.05, 4.69) is 67.3 Å². The molecule has 1 aliphatic rings. The molecule has 0 saturated carbocycles. The number of nitrogens with one attached hydrogen (secondary N) is 1. The summed E-state index contributed by atoms with van der Waals surface area (Å²) in [5.41, 5.74) is 4.21. The van der Waals surface area contributed by atoms with Crippen molar-refractivity contribution in [3.8, 4) is 11.3 Å². The molecule has 5 nitrogen and oxygen atoms in total. The van der Waals surface area contributed by atoms with Crippen molar-refractivity contribution in [2.45, 2.75) is 25.6 Å². The summed E-state index contributed by atoms with van der Waals surface area (Å²) in [6, 6.07) is 19.9. The van der Waals surface area contributed by atoms with Gasteiger partial charge in [0.25, 0.3) is 0 Å². The Labute approximate surface area is 200 Å². The maximum atomic E-state index is 6.43. The summed E-state index contributed by atoms with van der Waals surface area (Å²) in [6.07, 6.45) is 5.44. The molecule has 1 aliphatic heterocycles. The number of rotatable bonds is 5. The lowest BCUT2D eigenvalue weighted by molar-refractivity contribution is 0.269. The fraction of sp³-hybridized carbons (Fsp3) is 0.160. The number of hydrogen-bond donors (Lipinski definition) is 1. The number of aromatic nitrogens is 2. The number of furan rings is 1. The third-order valence-corrected chi connectivity index (χ3v) is 6.59. The van der Waals surface area contributed by atoms with Crippen molar-refractivity contribution in [1.82, 2.24) is 20.2 Å². The molecule has 5 rings (SSSR count). The SMILES string of the molecule is Cc1ccc(-c2ccc([C@@H]3[C@H](c4ccccn4)NC(=S)N3Cc3cccnc3)o2)c(Br)c1. The molecular formula is C25H21BrN4OS. The summed E-state index contributed by atoms with van der Waals surface area (Å²) in [7, 11) is 0. The maximum Gasteiger partial charge on any atom is 0.170 e. The van der Waals surface area contributed by atoms with E-state index in [1.807, 2.05) is 42.6 Å². The second-order valence-corrected chi connectivity index (χ2v) is 9.04. The third kappa shape index (κ3) is 4.06. The van der Waals surface area contributed by atoms with Crippen LogP contribution in [0.15, 0.2) is 88.1 Å². The fourth-order valence-electron chi connectivity index (χ4n) is 4.05. The normalized spacial score (nSPS) is 18.1. The van der Waals surface area contributed by atoms with Crippen molar-refractivity contribution in [3.05, 3.63) is 106 Å². The van der Waals surface area contributed by atoms with Gasteiger partial charge in [0.1, 0.15) is 17.6 Å². The van der Waals surface area contributed by atoms with Gasteiger partial charge in [0.2, 0.25) is 0 Å². The van der Waals surface area contributed by atoms with Crippen LogP contribution in [0.3, 0.4) is 0 Å². The molecule has 0 amide bonds. The zero-order chi connectivity index (χ0) is 22.1. The maximum absolute atomic E-state index is 6.43. The average Bonchev–Trinajstić information content (AvgIpc) is 3.40. The quantitative estimate of drug-likeness (QED) is 0.337. The van der Waals surface area contributed by atoms with Gasteiger partial charge < -0.3 is 14.6 Å². The standard InChI is InChI=1S/C25H21BrN4OS/c1-16-7-8-18(19(26)13-16)21-9-10-22(31-21)24-23(20-6-2-3-12-28-20)29-25(32)30(24)15-17-5-4-11-27-14-17/h2-14,23-24H,15H2,1H3,(H,29,32)/t23-,24+/m0/s1. The molecule has 7 heteroatoms. The van der Waals surface area contributed by atoms with Gasteiger partial charge in [0.15, 0.2) is 5.11 Å². The molecule has 3 aromatic heterocycles. The van der Waals surface area contributed by atoms with Gasteiger partial charge in [-0.2, -0.15) is 0 Å². The number of hydrogen-bond acceptors (Lipinski definition) is 4. The topological polar surface area (TPSA) is 54.2 Å². The molecule has 160 valence electrons. The first-order chi connectivity index (χ1) is 15.6. The molecule has 2 atom stereocenters. The molecule has 4 heterocycles. The van der Waals surface area contributed by atoms with Gasteiger partial charge in [-0.1, -0.05) is 34.1 Å². The van der Waals surface area contributed by atoms with Gasteiger partial charge in [-0.05, 0) is 72.7 Å². The number of thiocarbonyl (C=S) groups is 1. The van der Waals surface area contributed by atoms with Crippen molar-refractivity contribution in [2.75, 3.05) is 0 Å². The summed E-state index contributed by atoms with van der Waals surface area (Å²) in [5.74, 6) is 1.64. The molecule has 0 spiro atoms. The molecular weight excluding hydrogens is 484 g/mol. The monoisotopic (exact) mass is 504 g/mol. The van der Waals surface area contributed by atoms with E-state index in [1.54, 1.807) is 12.4 Å². The fourth-order valence-corrected chi connectivity index (χ4v) is 5.04. The van der Waals surface area contributed by atoms with E-state index in [0.29, 0.717) is 11.7 Å². The largest absolute Gasteiger partial charge is 0.459 e. The zero-order valence-corrected chi connectivity index (χ0v) is 19.8. The Kier molecular flexibility index (Phi) is 5.76. The lowest BCUT2D eigenvalue weighted by Gasteiger charge is -2.26. The molecule has 0 aliphatic carbocycles. The first kappa shape index (κ1) is 20.8. The zero-order valence-electron chi connectivity index (χ0n) is 17.4. The Balaban J connectivity index is 1.55. The van der Waals surface area contributed by atoms with Gasteiger partial charge in [0, 0.05) is 35.2 Å². The number of aryl methyl sites for hydroxylation is 1. The molecule has 1 N–H and O–H groups in total. The minimum Gasteiger partial charge on any atom is -0.459 e. The van der Waals surface area contributed by atoms with Gasteiger partial charge in [-0.15, -0.1) is 0 Å². The van der Waals surface area contributed by atoms with Crippen LogP contribution in [0.5, 0.6) is 0 Å². The van der Waals surface area contributed by atoms with Crippen molar-refractivity contribution >= 4 is 33.3 Å². The Morgan fingerprint density at radius 3 is 2.75 bits per heavy atom. The van der Waals surface area contributed by atoms with Crippen LogP contribution in [0.2, 0.25) is 0 Å². The summed E-state index contributed by atoms with van der Waals surface area (Å²) in [4.78, 5) is 11.0. The van der Waals surface area contributed by atoms with E-state index in [4.69, 9.17) is 16.6 Å². The highest BCUT2D eigenvalue weighted by atomic mass is 79.9. The summed E-state index contributed by atoms with van der Waals surface area (Å²) in [6.45, 7) is 2.69. The Hall–Kier alpha value is -3.03. The van der Waals surface area contributed by atoms with Crippen LogP contribution in [-0.2, 0) is 6.54 Å². The van der Waals surface area contributed by atoms with E-state index < -0.39 is 0 Å². The van der Waals surface area contributed by atoms with E-state index in [1.165, 1.54) is 5.56 Å². The molecule has 1 saturated heterocycles. The van der Waals surface area contributed by atoms with Gasteiger partial charge in [-0.3, -0.25) is 9.97 Å². The first-order valence-corrected chi connectivity index (χ1v) is 11.5. The van der Waals surface area contributed by atoms with Crippen molar-refractivity contribution in [3.63, 3.8) is 0 Å². The molecule has 1 aromatic carbocycles. The number of nitrogens with zero attached hydrogens (tertiary/aromatic N) is 3. The van der Waals surface area contributed by atoms with Crippen molar-refractivity contribution in [1.29, 1.82) is 0 Å². The lowest BCUT2D eigenvalue weighted by Crippen LogP contribution is -2.29. The molecule has 0 unspecified atom stereocenters. The van der Waals surface area contributed by atoms with Crippen LogP contribution in [0.4, 0.5) is 0 Å². The van der Waals surface area contributed by atoms with Gasteiger partial charge >= 0.3 is 0 Å². The van der Waals surface area contributed by atoms with Crippen LogP contribution < -0.4 is 5.32 Å². The van der Waals surface area contributed by atoms with Crippen LogP contribution in [0.25, 0.3) is 11.3 Å². The smallest absolute Gasteiger partial charge is 0.170 e. The molecule has 1 fully saturated rings. The van der Waals surface area contributed by atoms with Crippen LogP contribution in [0, 0.1) is 6.92 Å². The van der Waals surface area contributed by atoms with E-state index in [0.717, 1.165) is 32.8 Å². The van der Waals surface area contributed by atoms with Gasteiger partial charge in [-0.25, -0.2) is 0 Å². The van der Waals surface area contributed by atoms with Crippen molar-refractivity contribution in [2.24, 2.45) is 0 Å². The lowest BCUT2D eigenvalue weighted by atomic mass is 10.0. The minimum absolute atomic E-state index is 0.124. The highest BCUT2D eigenvalue weighted by molar-refractivity contribution is 9.10. The van der Waals surface area contributed by atoms with E-state index >= 15 is 0 Å². The predicted molar refractivity (Wildman–Crippen MR) is 132 cm³/mol. The van der Waals surface area contributed by atoms with E-state index in [9.17, 15) is 0 Å². The highest BCUT2D eigenvalue weighted by Crippen LogP contribution is 2.42. The minimum atomic E-state index is -0.143. The van der Waals surface area contributed by atoms with Gasteiger partial charge in [0.05, 0.1) is 11.7 Å². The summed E-state index contributed by atoms with van der Waals surface area (Å²) >= 11 is 9.42. The summed E-state index contributed by atoms with van der Waals surface area (Å²) in [5, 5.41) is 4.13. The Morgan fingerprint density at radius 2 is 2.00 bits per heavy atom. The molecule has 4 aromatic rings. The molecule has 32 heavy (non-hydrogen) atoms. The average molecular weight is 505 g/mol. The highest BCUT2D eigenvalue weighted by Gasteiger charge is 2.41. The van der Waals surface area contributed by atoms with Crippen LogP contribution >= 0.6 is 28.1 Å². The molecule has 0 bridgehead atoms. The predicted octanol–water partition coefficient (Wildman–Crippen LogP) is 5.98. The van der Waals surface area contributed by atoms with Crippen molar-refractivity contribution < 1.29 is 4.42 Å². The third-order valence-electron chi connectivity index (χ3n) is 5.58. The molecule has 0 radical (unpaired) electrons. The Bertz CT molecular complexity index is 1250. The van der Waals surface area contributed by atoms with Crippen LogP contribution in [-0.4, -0.2) is 20.0 Å². The van der Waals surface area contributed by atoms with Crippen LogP contribution in [0.1, 0.15) is 34.7 Å².